The minimum atomic E-state index is -0.219. The first kappa shape index (κ1) is 13.7. The maximum atomic E-state index is 11.5. The minimum absolute atomic E-state index is 0.0488. The summed E-state index contributed by atoms with van der Waals surface area (Å²) in [7, 11) is 0. The zero-order chi connectivity index (χ0) is 12.5. The number of hydrogen-bond donors (Lipinski definition) is 3. The summed E-state index contributed by atoms with van der Waals surface area (Å²) < 4.78 is 0. The Kier molecular flexibility index (Phi) is 6.29. The molecule has 0 radical (unpaired) electrons. The molecular formula is C13H20N2O2. The molecule has 1 amide bonds. The van der Waals surface area contributed by atoms with Crippen LogP contribution in [0.2, 0.25) is 0 Å². The van der Waals surface area contributed by atoms with Crippen molar-refractivity contribution in [3.63, 3.8) is 0 Å². The highest BCUT2D eigenvalue weighted by molar-refractivity contribution is 5.78. The fraction of sp³-hybridized carbons (Fsp3) is 0.462. The molecule has 0 aliphatic heterocycles. The highest BCUT2D eigenvalue weighted by Crippen LogP contribution is 2.02. The van der Waals surface area contributed by atoms with Crippen molar-refractivity contribution in [2.75, 3.05) is 19.7 Å². The van der Waals surface area contributed by atoms with Crippen molar-refractivity contribution in [2.45, 2.75) is 19.4 Å². The Morgan fingerprint density at radius 2 is 2.06 bits per heavy atom. The van der Waals surface area contributed by atoms with E-state index in [2.05, 4.69) is 10.6 Å². The van der Waals surface area contributed by atoms with Crippen molar-refractivity contribution in [1.82, 2.24) is 10.6 Å². The molecule has 1 rings (SSSR count). The molecule has 0 heterocycles. The summed E-state index contributed by atoms with van der Waals surface area (Å²) in [4.78, 5) is 11.5. The van der Waals surface area contributed by atoms with Gasteiger partial charge in [0.25, 0.3) is 0 Å². The molecule has 94 valence electrons. The third kappa shape index (κ3) is 5.47. The second-order valence-corrected chi connectivity index (χ2v) is 3.92. The number of carbonyl (C=O) groups excluding carboxylic acids is 1. The monoisotopic (exact) mass is 236 g/mol. The Bertz CT molecular complexity index is 327. The van der Waals surface area contributed by atoms with E-state index in [0.29, 0.717) is 13.0 Å². The molecule has 4 heteroatoms. The Morgan fingerprint density at radius 1 is 1.35 bits per heavy atom. The van der Waals surface area contributed by atoms with Gasteiger partial charge in [-0.3, -0.25) is 4.79 Å². The first-order chi connectivity index (χ1) is 8.26. The minimum Gasteiger partial charge on any atom is -0.394 e. The van der Waals surface area contributed by atoms with Gasteiger partial charge in [0.15, 0.2) is 0 Å². The zero-order valence-electron chi connectivity index (χ0n) is 10.1. The van der Waals surface area contributed by atoms with Crippen LogP contribution in [0.3, 0.4) is 0 Å². The lowest BCUT2D eigenvalue weighted by atomic mass is 10.1. The topological polar surface area (TPSA) is 61.4 Å². The molecule has 0 saturated carbocycles. The molecule has 0 saturated heterocycles. The normalized spacial score (nSPS) is 12.1. The van der Waals surface area contributed by atoms with Crippen LogP contribution in [0.25, 0.3) is 0 Å². The maximum absolute atomic E-state index is 11.5. The highest BCUT2D eigenvalue weighted by atomic mass is 16.3. The van der Waals surface area contributed by atoms with Gasteiger partial charge in [-0.1, -0.05) is 37.3 Å². The molecule has 1 aromatic rings. The molecule has 3 N–H and O–H groups in total. The number of carbonyl (C=O) groups is 1. The second kappa shape index (κ2) is 7.81. The van der Waals surface area contributed by atoms with E-state index in [1.807, 2.05) is 37.3 Å². The van der Waals surface area contributed by atoms with Crippen molar-refractivity contribution in [2.24, 2.45) is 0 Å². The number of hydrogen-bond acceptors (Lipinski definition) is 3. The molecular weight excluding hydrogens is 216 g/mol. The molecule has 0 aromatic heterocycles. The van der Waals surface area contributed by atoms with Gasteiger partial charge in [0, 0.05) is 0 Å². The van der Waals surface area contributed by atoms with E-state index in [1.54, 1.807) is 0 Å². The van der Waals surface area contributed by atoms with Gasteiger partial charge in [-0.2, -0.15) is 0 Å². The fourth-order valence-corrected chi connectivity index (χ4v) is 1.58. The van der Waals surface area contributed by atoms with Gasteiger partial charge >= 0.3 is 0 Å². The predicted molar refractivity (Wildman–Crippen MR) is 67.7 cm³/mol. The quantitative estimate of drug-likeness (QED) is 0.639. The van der Waals surface area contributed by atoms with Gasteiger partial charge in [0.05, 0.1) is 19.2 Å². The molecule has 17 heavy (non-hydrogen) atoms. The SMILES string of the molecule is CCNCC(=O)NC(CO)Cc1ccccc1. The van der Waals surface area contributed by atoms with Crippen LogP contribution in [0.5, 0.6) is 0 Å². The molecule has 1 unspecified atom stereocenters. The first-order valence-corrected chi connectivity index (χ1v) is 5.91. The first-order valence-electron chi connectivity index (χ1n) is 5.91. The van der Waals surface area contributed by atoms with Crippen LogP contribution in [0.4, 0.5) is 0 Å². The lowest BCUT2D eigenvalue weighted by Gasteiger charge is -2.16. The van der Waals surface area contributed by atoms with E-state index < -0.39 is 0 Å². The van der Waals surface area contributed by atoms with Crippen molar-refractivity contribution in [3.8, 4) is 0 Å². The lowest BCUT2D eigenvalue weighted by molar-refractivity contribution is -0.121. The summed E-state index contributed by atoms with van der Waals surface area (Å²) >= 11 is 0. The standard InChI is InChI=1S/C13H20N2O2/c1-2-14-9-13(17)15-12(10-16)8-11-6-4-3-5-7-11/h3-7,12,14,16H,2,8-10H2,1H3,(H,15,17). The number of likely N-dealkylation sites (N-methyl/N-ethyl adjacent to an activating group) is 1. The van der Waals surface area contributed by atoms with Crippen molar-refractivity contribution >= 4 is 5.91 Å². The largest absolute Gasteiger partial charge is 0.394 e. The van der Waals surface area contributed by atoms with Crippen LogP contribution in [0, 0.1) is 0 Å². The van der Waals surface area contributed by atoms with Crippen molar-refractivity contribution in [1.29, 1.82) is 0 Å². The van der Waals surface area contributed by atoms with Gasteiger partial charge in [-0.05, 0) is 18.5 Å². The van der Waals surface area contributed by atoms with E-state index in [-0.39, 0.29) is 18.6 Å². The van der Waals surface area contributed by atoms with Gasteiger partial charge in [0.1, 0.15) is 0 Å². The Labute approximate surface area is 102 Å². The molecule has 0 spiro atoms. The Hall–Kier alpha value is -1.39. The molecule has 0 bridgehead atoms. The van der Waals surface area contributed by atoms with Gasteiger partial charge in [-0.15, -0.1) is 0 Å². The van der Waals surface area contributed by atoms with Crippen LogP contribution < -0.4 is 10.6 Å². The van der Waals surface area contributed by atoms with E-state index in [1.165, 1.54) is 0 Å². The smallest absolute Gasteiger partial charge is 0.234 e. The number of nitrogens with one attached hydrogen (secondary N) is 2. The average molecular weight is 236 g/mol. The third-order valence-electron chi connectivity index (χ3n) is 2.45. The molecule has 0 fully saturated rings. The summed E-state index contributed by atoms with van der Waals surface area (Å²) in [6.45, 7) is 2.95. The molecule has 4 nitrogen and oxygen atoms in total. The summed E-state index contributed by atoms with van der Waals surface area (Å²) in [6.07, 6.45) is 0.648. The summed E-state index contributed by atoms with van der Waals surface area (Å²) in [6, 6.07) is 9.59. The van der Waals surface area contributed by atoms with E-state index in [0.717, 1.165) is 12.1 Å². The third-order valence-corrected chi connectivity index (χ3v) is 2.45. The number of amides is 1. The van der Waals surface area contributed by atoms with Crippen LogP contribution in [-0.2, 0) is 11.2 Å². The van der Waals surface area contributed by atoms with Crippen molar-refractivity contribution in [3.05, 3.63) is 35.9 Å². The maximum Gasteiger partial charge on any atom is 0.234 e. The van der Waals surface area contributed by atoms with Crippen LogP contribution in [0.15, 0.2) is 30.3 Å². The summed E-state index contributed by atoms with van der Waals surface area (Å²) in [5.74, 6) is -0.0816. The second-order valence-electron chi connectivity index (χ2n) is 3.92. The van der Waals surface area contributed by atoms with Crippen LogP contribution in [0.1, 0.15) is 12.5 Å². The van der Waals surface area contributed by atoms with Gasteiger partial charge in [-0.25, -0.2) is 0 Å². The number of rotatable bonds is 7. The van der Waals surface area contributed by atoms with Crippen LogP contribution >= 0.6 is 0 Å². The molecule has 0 aliphatic carbocycles. The summed E-state index contributed by atoms with van der Waals surface area (Å²) in [5, 5.41) is 15.0. The molecule has 1 atom stereocenters. The fourth-order valence-electron chi connectivity index (χ4n) is 1.58. The number of benzene rings is 1. The van der Waals surface area contributed by atoms with Gasteiger partial charge in [0.2, 0.25) is 5.91 Å². The lowest BCUT2D eigenvalue weighted by Crippen LogP contribution is -2.43. The number of aliphatic hydroxyl groups is 1. The van der Waals surface area contributed by atoms with Crippen molar-refractivity contribution < 1.29 is 9.90 Å². The zero-order valence-corrected chi connectivity index (χ0v) is 10.1. The van der Waals surface area contributed by atoms with E-state index >= 15 is 0 Å². The number of aliphatic hydroxyl groups excluding tert-OH is 1. The van der Waals surface area contributed by atoms with Crippen LogP contribution in [-0.4, -0.2) is 36.8 Å². The molecule has 1 aromatic carbocycles. The molecule has 0 aliphatic rings. The Balaban J connectivity index is 2.41. The Morgan fingerprint density at radius 3 is 2.65 bits per heavy atom. The van der Waals surface area contributed by atoms with E-state index in [4.69, 9.17) is 0 Å². The highest BCUT2D eigenvalue weighted by Gasteiger charge is 2.11. The summed E-state index contributed by atoms with van der Waals surface area (Å²) in [5.41, 5.74) is 1.11. The predicted octanol–water partition coefficient (Wildman–Crippen LogP) is 0.316. The van der Waals surface area contributed by atoms with Gasteiger partial charge < -0.3 is 15.7 Å². The van der Waals surface area contributed by atoms with E-state index in [9.17, 15) is 9.90 Å². The average Bonchev–Trinajstić information content (AvgIpc) is 2.36.